The Kier molecular flexibility index (Phi) is 2.62. The van der Waals surface area contributed by atoms with Crippen molar-refractivity contribution in [3.63, 3.8) is 0 Å². The van der Waals surface area contributed by atoms with E-state index in [2.05, 4.69) is 25.2 Å². The van der Waals surface area contributed by atoms with Crippen LogP contribution in [-0.2, 0) is 4.79 Å². The number of carbonyl (C=O) groups excluding carboxylic acids is 1. The van der Waals surface area contributed by atoms with E-state index in [4.69, 9.17) is 0 Å². The number of carbonyl (C=O) groups is 1. The van der Waals surface area contributed by atoms with E-state index < -0.39 is 0 Å². The lowest BCUT2D eigenvalue weighted by molar-refractivity contribution is -0.121. The first-order valence-electron chi connectivity index (χ1n) is 6.07. The molecule has 2 N–H and O–H groups in total. The van der Waals surface area contributed by atoms with Crippen molar-refractivity contribution in [3.05, 3.63) is 18.6 Å². The predicted molar refractivity (Wildman–Crippen MR) is 68.3 cm³/mol. The molecule has 3 heterocycles. The number of H-pyrrole nitrogens is 1. The summed E-state index contributed by atoms with van der Waals surface area (Å²) in [4.78, 5) is 25.5. The quantitative estimate of drug-likeness (QED) is 0.815. The van der Waals surface area contributed by atoms with Gasteiger partial charge in [-0.25, -0.2) is 9.97 Å². The van der Waals surface area contributed by atoms with Crippen LogP contribution in [0, 0.1) is 0 Å². The summed E-state index contributed by atoms with van der Waals surface area (Å²) in [6.07, 6.45) is 5.25. The molecule has 0 aromatic carbocycles. The van der Waals surface area contributed by atoms with Crippen molar-refractivity contribution in [3.8, 4) is 0 Å². The van der Waals surface area contributed by atoms with E-state index in [-0.39, 0.29) is 11.9 Å². The highest BCUT2D eigenvalue weighted by molar-refractivity contribution is 5.92. The summed E-state index contributed by atoms with van der Waals surface area (Å²) < 4.78 is 0. The molecule has 0 aliphatic carbocycles. The molecule has 3 rings (SSSR count). The molecular formula is C12H15N5O. The maximum Gasteiger partial charge on any atom is 0.242 e. The van der Waals surface area contributed by atoms with Gasteiger partial charge in [-0.15, -0.1) is 0 Å². The highest BCUT2D eigenvalue weighted by atomic mass is 16.2. The number of amides is 1. The molecule has 0 saturated carbocycles. The van der Waals surface area contributed by atoms with Crippen molar-refractivity contribution in [2.24, 2.45) is 0 Å². The molecule has 2 aromatic heterocycles. The minimum absolute atomic E-state index is 0.0507. The molecule has 0 bridgehead atoms. The summed E-state index contributed by atoms with van der Waals surface area (Å²) >= 11 is 0. The van der Waals surface area contributed by atoms with Crippen LogP contribution < -0.4 is 10.2 Å². The smallest absolute Gasteiger partial charge is 0.242 e. The molecule has 6 nitrogen and oxygen atoms in total. The molecule has 94 valence electrons. The molecule has 0 unspecified atom stereocenters. The van der Waals surface area contributed by atoms with Crippen molar-refractivity contribution < 1.29 is 4.79 Å². The molecule has 1 aliphatic heterocycles. The number of hydrogen-bond acceptors (Lipinski definition) is 4. The first-order chi connectivity index (χ1) is 8.81. The van der Waals surface area contributed by atoms with Crippen LogP contribution in [0.25, 0.3) is 11.0 Å². The Balaban J connectivity index is 2.03. The molecule has 6 heteroatoms. The van der Waals surface area contributed by atoms with Crippen molar-refractivity contribution in [2.45, 2.75) is 18.9 Å². The predicted octanol–water partition coefficient (Wildman–Crippen LogP) is 0.673. The molecule has 0 spiro atoms. The molecular weight excluding hydrogens is 230 g/mol. The minimum Gasteiger partial charge on any atom is -0.357 e. The summed E-state index contributed by atoms with van der Waals surface area (Å²) in [7, 11) is 1.67. The zero-order valence-electron chi connectivity index (χ0n) is 10.2. The van der Waals surface area contributed by atoms with Crippen molar-refractivity contribution >= 4 is 22.8 Å². The Morgan fingerprint density at radius 2 is 2.44 bits per heavy atom. The van der Waals surface area contributed by atoms with Gasteiger partial charge in [0.15, 0.2) is 0 Å². The van der Waals surface area contributed by atoms with Crippen molar-refractivity contribution in [1.82, 2.24) is 20.3 Å². The lowest BCUT2D eigenvalue weighted by Crippen LogP contribution is -2.42. The van der Waals surface area contributed by atoms with E-state index in [0.717, 1.165) is 36.2 Å². The lowest BCUT2D eigenvalue weighted by atomic mass is 10.2. The minimum atomic E-state index is -0.122. The largest absolute Gasteiger partial charge is 0.357 e. The molecule has 0 radical (unpaired) electrons. The van der Waals surface area contributed by atoms with Gasteiger partial charge in [0.2, 0.25) is 5.91 Å². The Morgan fingerprint density at radius 1 is 1.56 bits per heavy atom. The third-order valence-corrected chi connectivity index (χ3v) is 3.41. The first kappa shape index (κ1) is 11.0. The molecule has 1 saturated heterocycles. The van der Waals surface area contributed by atoms with Gasteiger partial charge < -0.3 is 15.2 Å². The third-order valence-electron chi connectivity index (χ3n) is 3.41. The molecule has 1 fully saturated rings. The van der Waals surface area contributed by atoms with Crippen LogP contribution in [0.5, 0.6) is 0 Å². The zero-order valence-corrected chi connectivity index (χ0v) is 10.2. The Morgan fingerprint density at radius 3 is 3.28 bits per heavy atom. The lowest BCUT2D eigenvalue weighted by Gasteiger charge is -2.24. The molecule has 1 atom stereocenters. The normalized spacial score (nSPS) is 19.4. The van der Waals surface area contributed by atoms with Gasteiger partial charge >= 0.3 is 0 Å². The Bertz CT molecular complexity index is 579. The van der Waals surface area contributed by atoms with Crippen LogP contribution in [0.2, 0.25) is 0 Å². The number of anilines is 1. The van der Waals surface area contributed by atoms with Crippen LogP contribution in [0.3, 0.4) is 0 Å². The fourth-order valence-corrected chi connectivity index (χ4v) is 2.55. The SMILES string of the molecule is CNC(=O)[C@H]1CCCN1c1ncnc2[nH]ccc12. The number of hydrogen-bond donors (Lipinski definition) is 2. The van der Waals surface area contributed by atoms with Gasteiger partial charge in [0.1, 0.15) is 23.8 Å². The average Bonchev–Trinajstić information content (AvgIpc) is 3.05. The second kappa shape index (κ2) is 4.29. The number of aromatic amines is 1. The maximum absolute atomic E-state index is 11.9. The van der Waals surface area contributed by atoms with Crippen molar-refractivity contribution in [1.29, 1.82) is 0 Å². The third kappa shape index (κ3) is 1.61. The number of nitrogens with one attached hydrogen (secondary N) is 2. The number of nitrogens with zero attached hydrogens (tertiary/aromatic N) is 3. The van der Waals surface area contributed by atoms with Gasteiger partial charge in [-0.3, -0.25) is 4.79 Å². The number of fused-ring (bicyclic) bond motifs is 1. The van der Waals surface area contributed by atoms with E-state index in [9.17, 15) is 4.79 Å². The van der Waals surface area contributed by atoms with Gasteiger partial charge in [0.05, 0.1) is 5.39 Å². The molecule has 18 heavy (non-hydrogen) atoms. The fraction of sp³-hybridized carbons (Fsp3) is 0.417. The zero-order chi connectivity index (χ0) is 12.5. The van der Waals surface area contributed by atoms with E-state index in [1.165, 1.54) is 6.33 Å². The Hall–Kier alpha value is -2.11. The van der Waals surface area contributed by atoms with E-state index in [1.54, 1.807) is 7.05 Å². The van der Waals surface area contributed by atoms with E-state index in [0.29, 0.717) is 0 Å². The topological polar surface area (TPSA) is 73.9 Å². The van der Waals surface area contributed by atoms with E-state index in [1.807, 2.05) is 12.3 Å². The molecule has 2 aromatic rings. The van der Waals surface area contributed by atoms with Gasteiger partial charge in [-0.1, -0.05) is 0 Å². The van der Waals surface area contributed by atoms with Crippen LogP contribution in [-0.4, -0.2) is 40.5 Å². The van der Waals surface area contributed by atoms with Gasteiger partial charge in [-0.2, -0.15) is 0 Å². The van der Waals surface area contributed by atoms with Gasteiger partial charge in [0.25, 0.3) is 0 Å². The van der Waals surface area contributed by atoms with Crippen LogP contribution in [0.1, 0.15) is 12.8 Å². The highest BCUT2D eigenvalue weighted by Crippen LogP contribution is 2.28. The summed E-state index contributed by atoms with van der Waals surface area (Å²) in [5, 5.41) is 3.68. The highest BCUT2D eigenvalue weighted by Gasteiger charge is 2.32. The monoisotopic (exact) mass is 245 g/mol. The van der Waals surface area contributed by atoms with Gasteiger partial charge in [-0.05, 0) is 18.9 Å². The standard InChI is InChI=1S/C12H15N5O/c1-13-12(18)9-3-2-6-17(9)11-8-4-5-14-10(8)15-7-16-11/h4-5,7,9H,2-3,6H2,1H3,(H,13,18)(H,14,15,16)/t9-/m1/s1. The Labute approximate surface area is 104 Å². The second-order valence-corrected chi connectivity index (χ2v) is 4.40. The summed E-state index contributed by atoms with van der Waals surface area (Å²) in [5.74, 6) is 0.891. The summed E-state index contributed by atoms with van der Waals surface area (Å²) in [5.41, 5.74) is 0.808. The number of likely N-dealkylation sites (N-methyl/N-ethyl adjacent to an activating group) is 1. The first-order valence-corrected chi connectivity index (χ1v) is 6.07. The van der Waals surface area contributed by atoms with Crippen LogP contribution in [0.15, 0.2) is 18.6 Å². The average molecular weight is 245 g/mol. The summed E-state index contributed by atoms with van der Waals surface area (Å²) in [6.45, 7) is 0.857. The van der Waals surface area contributed by atoms with Crippen LogP contribution >= 0.6 is 0 Å². The fourth-order valence-electron chi connectivity index (χ4n) is 2.55. The van der Waals surface area contributed by atoms with Gasteiger partial charge in [0, 0.05) is 19.8 Å². The van der Waals surface area contributed by atoms with Crippen molar-refractivity contribution in [2.75, 3.05) is 18.5 Å². The second-order valence-electron chi connectivity index (χ2n) is 4.40. The summed E-state index contributed by atoms with van der Waals surface area (Å²) in [6, 6.07) is 1.83. The number of aromatic nitrogens is 3. The molecule has 1 amide bonds. The molecule has 1 aliphatic rings. The van der Waals surface area contributed by atoms with E-state index >= 15 is 0 Å². The maximum atomic E-state index is 11.9. The van der Waals surface area contributed by atoms with Crippen LogP contribution in [0.4, 0.5) is 5.82 Å². The number of rotatable bonds is 2.